The number of carbonyl (C=O) groups excluding carboxylic acids is 2. The first-order valence-electron chi connectivity index (χ1n) is 6.78. The number of rotatable bonds is 4. The van der Waals surface area contributed by atoms with Crippen LogP contribution in [-0.2, 0) is 9.59 Å². The third kappa shape index (κ3) is 2.73. The van der Waals surface area contributed by atoms with Crippen LogP contribution >= 0.6 is 15.9 Å². The number of amides is 2. The fourth-order valence-electron chi connectivity index (χ4n) is 2.50. The monoisotopic (exact) mass is 338 g/mol. The quantitative estimate of drug-likeness (QED) is 0.829. The Kier molecular flexibility index (Phi) is 4.48. The van der Waals surface area contributed by atoms with E-state index in [0.29, 0.717) is 12.8 Å². The number of carbonyl (C=O) groups is 2. The summed E-state index contributed by atoms with van der Waals surface area (Å²) >= 11 is 3.39. The van der Waals surface area contributed by atoms with Crippen LogP contribution in [0.15, 0.2) is 28.7 Å². The molecule has 1 aromatic rings. The molecule has 1 saturated carbocycles. The standard InChI is InChI=1S/C15H19BrN2O2/c1-10(11-4-6-12(16)7-5-11)18-14(20)15(8-3-9-15)13(19)17-2/h4-7,10H,3,8-9H2,1-2H3,(H,17,19)(H,18,20). The van der Waals surface area contributed by atoms with Crippen molar-refractivity contribution < 1.29 is 9.59 Å². The number of hydrogen-bond donors (Lipinski definition) is 2. The van der Waals surface area contributed by atoms with E-state index in [1.807, 2.05) is 31.2 Å². The van der Waals surface area contributed by atoms with Gasteiger partial charge >= 0.3 is 0 Å². The average Bonchev–Trinajstić information content (AvgIpc) is 2.37. The molecule has 2 rings (SSSR count). The van der Waals surface area contributed by atoms with Crippen molar-refractivity contribution in [3.05, 3.63) is 34.3 Å². The third-order valence-corrected chi connectivity index (χ3v) is 4.55. The minimum Gasteiger partial charge on any atom is -0.358 e. The van der Waals surface area contributed by atoms with Crippen molar-refractivity contribution in [3.8, 4) is 0 Å². The van der Waals surface area contributed by atoms with Gasteiger partial charge in [-0.25, -0.2) is 0 Å². The zero-order valence-corrected chi connectivity index (χ0v) is 13.3. The van der Waals surface area contributed by atoms with Gasteiger partial charge in [0.05, 0.1) is 6.04 Å². The fourth-order valence-corrected chi connectivity index (χ4v) is 2.76. The summed E-state index contributed by atoms with van der Waals surface area (Å²) in [6, 6.07) is 7.69. The molecule has 0 heterocycles. The SMILES string of the molecule is CNC(=O)C1(C(=O)NC(C)c2ccc(Br)cc2)CCC1. The van der Waals surface area contributed by atoms with E-state index in [9.17, 15) is 9.59 Å². The van der Waals surface area contributed by atoms with Crippen LogP contribution in [0.5, 0.6) is 0 Å². The van der Waals surface area contributed by atoms with Crippen molar-refractivity contribution in [2.24, 2.45) is 5.41 Å². The van der Waals surface area contributed by atoms with Crippen LogP contribution in [0.25, 0.3) is 0 Å². The molecule has 5 heteroatoms. The summed E-state index contributed by atoms with van der Waals surface area (Å²) in [5, 5.41) is 5.56. The van der Waals surface area contributed by atoms with Gasteiger partial charge in [-0.1, -0.05) is 34.5 Å². The first-order chi connectivity index (χ1) is 9.49. The molecule has 1 fully saturated rings. The summed E-state index contributed by atoms with van der Waals surface area (Å²) in [6.07, 6.45) is 2.19. The molecule has 0 saturated heterocycles. The number of nitrogens with one attached hydrogen (secondary N) is 2. The van der Waals surface area contributed by atoms with E-state index >= 15 is 0 Å². The topological polar surface area (TPSA) is 58.2 Å². The van der Waals surface area contributed by atoms with Crippen molar-refractivity contribution in [1.82, 2.24) is 10.6 Å². The van der Waals surface area contributed by atoms with Crippen molar-refractivity contribution in [2.45, 2.75) is 32.2 Å². The predicted octanol–water partition coefficient (Wildman–Crippen LogP) is 2.54. The van der Waals surface area contributed by atoms with E-state index in [-0.39, 0.29) is 17.9 Å². The Morgan fingerprint density at radius 2 is 1.80 bits per heavy atom. The van der Waals surface area contributed by atoms with E-state index in [0.717, 1.165) is 16.5 Å². The van der Waals surface area contributed by atoms with Gasteiger partial charge in [0.1, 0.15) is 5.41 Å². The Labute approximate surface area is 127 Å². The predicted molar refractivity (Wildman–Crippen MR) is 81.1 cm³/mol. The minimum atomic E-state index is -0.863. The molecular formula is C15H19BrN2O2. The normalized spacial score (nSPS) is 17.8. The molecule has 2 amide bonds. The first-order valence-corrected chi connectivity index (χ1v) is 7.57. The summed E-state index contributed by atoms with van der Waals surface area (Å²) in [6.45, 7) is 1.93. The van der Waals surface area contributed by atoms with Crippen molar-refractivity contribution in [3.63, 3.8) is 0 Å². The van der Waals surface area contributed by atoms with Gasteiger partial charge in [0.2, 0.25) is 11.8 Å². The van der Waals surface area contributed by atoms with E-state index in [2.05, 4.69) is 26.6 Å². The molecule has 0 radical (unpaired) electrons. The smallest absolute Gasteiger partial charge is 0.236 e. The van der Waals surface area contributed by atoms with E-state index in [4.69, 9.17) is 0 Å². The minimum absolute atomic E-state index is 0.113. The molecular weight excluding hydrogens is 320 g/mol. The molecule has 1 aromatic carbocycles. The highest BCUT2D eigenvalue weighted by molar-refractivity contribution is 9.10. The van der Waals surface area contributed by atoms with Crippen molar-refractivity contribution in [1.29, 1.82) is 0 Å². The Morgan fingerprint density at radius 3 is 2.25 bits per heavy atom. The second kappa shape index (κ2) is 5.95. The van der Waals surface area contributed by atoms with Gasteiger partial charge in [0.15, 0.2) is 0 Å². The second-order valence-electron chi connectivity index (χ2n) is 5.26. The van der Waals surface area contributed by atoms with Crippen LogP contribution in [0.2, 0.25) is 0 Å². The van der Waals surface area contributed by atoms with Crippen molar-refractivity contribution in [2.75, 3.05) is 7.05 Å². The Bertz CT molecular complexity index is 509. The summed E-state index contributed by atoms with van der Waals surface area (Å²) in [5.41, 5.74) is 0.159. The van der Waals surface area contributed by atoms with Gasteiger partial charge < -0.3 is 10.6 Å². The molecule has 1 aliphatic rings. The molecule has 1 aliphatic carbocycles. The van der Waals surface area contributed by atoms with Gasteiger partial charge in [-0.3, -0.25) is 9.59 Å². The molecule has 108 valence electrons. The maximum Gasteiger partial charge on any atom is 0.236 e. The van der Waals surface area contributed by atoms with Gasteiger partial charge in [-0.15, -0.1) is 0 Å². The number of benzene rings is 1. The molecule has 4 nitrogen and oxygen atoms in total. The first kappa shape index (κ1) is 15.0. The lowest BCUT2D eigenvalue weighted by Crippen LogP contribution is -2.55. The molecule has 2 N–H and O–H groups in total. The van der Waals surface area contributed by atoms with Crippen LogP contribution in [-0.4, -0.2) is 18.9 Å². The van der Waals surface area contributed by atoms with E-state index in [1.165, 1.54) is 0 Å². The maximum absolute atomic E-state index is 12.4. The summed E-state index contributed by atoms with van der Waals surface area (Å²) in [5.74, 6) is -0.345. The van der Waals surface area contributed by atoms with Gasteiger partial charge in [-0.05, 0) is 37.5 Å². The van der Waals surface area contributed by atoms with Gasteiger partial charge in [0.25, 0.3) is 0 Å². The molecule has 20 heavy (non-hydrogen) atoms. The van der Waals surface area contributed by atoms with Crippen LogP contribution < -0.4 is 10.6 Å². The Morgan fingerprint density at radius 1 is 1.20 bits per heavy atom. The lowest BCUT2D eigenvalue weighted by Gasteiger charge is -2.38. The zero-order chi connectivity index (χ0) is 14.8. The number of halogens is 1. The highest BCUT2D eigenvalue weighted by Crippen LogP contribution is 2.41. The van der Waals surface area contributed by atoms with E-state index < -0.39 is 5.41 Å². The van der Waals surface area contributed by atoms with E-state index in [1.54, 1.807) is 7.05 Å². The van der Waals surface area contributed by atoms with Crippen LogP contribution in [0.3, 0.4) is 0 Å². The third-order valence-electron chi connectivity index (χ3n) is 4.02. The Hall–Kier alpha value is -1.36. The highest BCUT2D eigenvalue weighted by atomic mass is 79.9. The molecule has 0 aromatic heterocycles. The van der Waals surface area contributed by atoms with Crippen LogP contribution in [0, 0.1) is 5.41 Å². The summed E-state index contributed by atoms with van der Waals surface area (Å²) < 4.78 is 1.00. The fraction of sp³-hybridized carbons (Fsp3) is 0.467. The van der Waals surface area contributed by atoms with Gasteiger partial charge in [-0.2, -0.15) is 0 Å². The van der Waals surface area contributed by atoms with Gasteiger partial charge in [0, 0.05) is 11.5 Å². The Balaban J connectivity index is 2.07. The highest BCUT2D eigenvalue weighted by Gasteiger charge is 2.50. The van der Waals surface area contributed by atoms with Crippen molar-refractivity contribution >= 4 is 27.7 Å². The molecule has 0 spiro atoms. The maximum atomic E-state index is 12.4. The average molecular weight is 339 g/mol. The lowest BCUT2D eigenvalue weighted by atomic mass is 9.67. The second-order valence-corrected chi connectivity index (χ2v) is 6.18. The zero-order valence-electron chi connectivity index (χ0n) is 11.7. The van der Waals surface area contributed by atoms with Crippen LogP contribution in [0.4, 0.5) is 0 Å². The summed E-state index contributed by atoms with van der Waals surface area (Å²) in [7, 11) is 1.58. The molecule has 0 aliphatic heterocycles. The summed E-state index contributed by atoms with van der Waals surface area (Å²) in [4.78, 5) is 24.4. The van der Waals surface area contributed by atoms with Crippen LogP contribution in [0.1, 0.15) is 37.8 Å². The molecule has 1 unspecified atom stereocenters. The lowest BCUT2D eigenvalue weighted by molar-refractivity contribution is -0.149. The number of hydrogen-bond acceptors (Lipinski definition) is 2. The largest absolute Gasteiger partial charge is 0.358 e. The molecule has 0 bridgehead atoms. The molecule has 1 atom stereocenters.